The van der Waals surface area contributed by atoms with Crippen molar-refractivity contribution in [3.05, 3.63) is 40.4 Å². The number of allylic oxidation sites excluding steroid dienone is 1. The standard InChI is InChI=1S/C18H25NO2S/c1-3-4-7-17-18(13-15-6-5-12-19(15)17)22(20,21)16-10-8-14(2)9-11-16/h8-11,15H,3-7,12-13H2,1-2H3/t15-/m0/s1. The zero-order valence-electron chi connectivity index (χ0n) is 13.5. The van der Waals surface area contributed by atoms with E-state index in [-0.39, 0.29) is 0 Å². The minimum atomic E-state index is -3.34. The first kappa shape index (κ1) is 15.6. The molecule has 0 radical (unpaired) electrons. The first-order valence-electron chi connectivity index (χ1n) is 8.34. The highest BCUT2D eigenvalue weighted by atomic mass is 32.2. The fourth-order valence-corrected chi connectivity index (χ4v) is 5.37. The van der Waals surface area contributed by atoms with Crippen LogP contribution >= 0.6 is 0 Å². The molecule has 2 aliphatic heterocycles. The van der Waals surface area contributed by atoms with Gasteiger partial charge in [0.05, 0.1) is 9.80 Å². The number of hydrogen-bond acceptors (Lipinski definition) is 3. The molecular formula is C18H25NO2S. The van der Waals surface area contributed by atoms with Gasteiger partial charge in [0, 0.05) is 24.7 Å². The predicted molar refractivity (Wildman–Crippen MR) is 89.3 cm³/mol. The molecule has 1 fully saturated rings. The molecule has 22 heavy (non-hydrogen) atoms. The third-order valence-electron chi connectivity index (χ3n) is 4.89. The van der Waals surface area contributed by atoms with Gasteiger partial charge in [-0.2, -0.15) is 0 Å². The third kappa shape index (κ3) is 2.69. The molecule has 1 aromatic carbocycles. The Morgan fingerprint density at radius 3 is 2.64 bits per heavy atom. The van der Waals surface area contributed by atoms with Crippen molar-refractivity contribution in [2.45, 2.75) is 63.3 Å². The van der Waals surface area contributed by atoms with Crippen LogP contribution in [-0.2, 0) is 9.84 Å². The fraction of sp³-hybridized carbons (Fsp3) is 0.556. The summed E-state index contributed by atoms with van der Waals surface area (Å²) >= 11 is 0. The van der Waals surface area contributed by atoms with Crippen LogP contribution < -0.4 is 0 Å². The highest BCUT2D eigenvalue weighted by Crippen LogP contribution is 2.42. The van der Waals surface area contributed by atoms with E-state index in [9.17, 15) is 8.42 Å². The fourth-order valence-electron chi connectivity index (χ4n) is 3.65. The number of unbranched alkanes of at least 4 members (excludes halogenated alkanes) is 1. The van der Waals surface area contributed by atoms with Gasteiger partial charge < -0.3 is 4.90 Å². The molecule has 0 amide bonds. The summed E-state index contributed by atoms with van der Waals surface area (Å²) in [5.74, 6) is 0. The lowest BCUT2D eigenvalue weighted by atomic mass is 10.1. The summed E-state index contributed by atoms with van der Waals surface area (Å²) in [6, 6.07) is 7.68. The van der Waals surface area contributed by atoms with Gasteiger partial charge in [-0.15, -0.1) is 0 Å². The Labute approximate surface area is 133 Å². The van der Waals surface area contributed by atoms with Crippen LogP contribution in [0.5, 0.6) is 0 Å². The molecule has 1 aromatic rings. The summed E-state index contributed by atoms with van der Waals surface area (Å²) < 4.78 is 26.1. The molecule has 0 saturated carbocycles. The van der Waals surface area contributed by atoms with E-state index in [1.165, 1.54) is 6.42 Å². The molecule has 0 aliphatic carbocycles. The van der Waals surface area contributed by atoms with Gasteiger partial charge in [-0.05, 0) is 44.7 Å². The Bertz CT molecular complexity index is 674. The molecule has 3 rings (SSSR count). The van der Waals surface area contributed by atoms with Crippen LogP contribution in [-0.4, -0.2) is 25.9 Å². The van der Waals surface area contributed by atoms with Gasteiger partial charge in [-0.3, -0.25) is 0 Å². The van der Waals surface area contributed by atoms with Crippen molar-refractivity contribution in [3.8, 4) is 0 Å². The Kier molecular flexibility index (Phi) is 4.31. The normalized spacial score (nSPS) is 21.5. The van der Waals surface area contributed by atoms with Gasteiger partial charge in [0.1, 0.15) is 0 Å². The van der Waals surface area contributed by atoms with E-state index >= 15 is 0 Å². The van der Waals surface area contributed by atoms with Crippen molar-refractivity contribution in [2.75, 3.05) is 6.54 Å². The number of benzene rings is 1. The number of hydrogen-bond donors (Lipinski definition) is 0. The topological polar surface area (TPSA) is 37.4 Å². The van der Waals surface area contributed by atoms with Crippen LogP contribution in [0, 0.1) is 6.92 Å². The molecule has 0 aromatic heterocycles. The number of sulfone groups is 1. The largest absolute Gasteiger partial charge is 0.371 e. The summed E-state index contributed by atoms with van der Waals surface area (Å²) in [5, 5.41) is 0. The SMILES string of the molecule is CCCCC1=C(S(=O)(=O)c2ccc(C)cc2)C[C@@H]2CCCN12. The Morgan fingerprint density at radius 1 is 1.23 bits per heavy atom. The molecular weight excluding hydrogens is 294 g/mol. The third-order valence-corrected chi connectivity index (χ3v) is 6.83. The second-order valence-electron chi connectivity index (χ2n) is 6.48. The molecule has 1 saturated heterocycles. The lowest BCUT2D eigenvalue weighted by Crippen LogP contribution is -2.22. The molecule has 1 atom stereocenters. The van der Waals surface area contributed by atoms with Gasteiger partial charge in [0.15, 0.2) is 0 Å². The van der Waals surface area contributed by atoms with Gasteiger partial charge in [0.25, 0.3) is 0 Å². The van der Waals surface area contributed by atoms with Crippen LogP contribution in [0.3, 0.4) is 0 Å². The van der Waals surface area contributed by atoms with Crippen molar-refractivity contribution >= 4 is 9.84 Å². The Hall–Kier alpha value is -1.29. The van der Waals surface area contributed by atoms with Crippen LogP contribution in [0.25, 0.3) is 0 Å². The lowest BCUT2D eigenvalue weighted by molar-refractivity contribution is 0.339. The van der Waals surface area contributed by atoms with Crippen molar-refractivity contribution in [2.24, 2.45) is 0 Å². The van der Waals surface area contributed by atoms with Crippen molar-refractivity contribution in [1.82, 2.24) is 4.90 Å². The van der Waals surface area contributed by atoms with E-state index in [0.717, 1.165) is 43.5 Å². The Balaban J connectivity index is 2.00. The highest BCUT2D eigenvalue weighted by Gasteiger charge is 2.39. The number of aryl methyl sites for hydroxylation is 1. The molecule has 3 nitrogen and oxygen atoms in total. The van der Waals surface area contributed by atoms with E-state index in [2.05, 4.69) is 11.8 Å². The monoisotopic (exact) mass is 319 g/mol. The van der Waals surface area contributed by atoms with E-state index in [0.29, 0.717) is 22.3 Å². The smallest absolute Gasteiger partial charge is 0.204 e. The van der Waals surface area contributed by atoms with Gasteiger partial charge in [-0.25, -0.2) is 8.42 Å². The maximum absolute atomic E-state index is 13.1. The van der Waals surface area contributed by atoms with E-state index in [1.54, 1.807) is 12.1 Å². The van der Waals surface area contributed by atoms with Crippen molar-refractivity contribution in [3.63, 3.8) is 0 Å². The van der Waals surface area contributed by atoms with E-state index in [1.807, 2.05) is 19.1 Å². The number of fused-ring (bicyclic) bond motifs is 1. The van der Waals surface area contributed by atoms with Gasteiger partial charge >= 0.3 is 0 Å². The molecule has 4 heteroatoms. The average molecular weight is 319 g/mol. The van der Waals surface area contributed by atoms with Crippen LogP contribution in [0.1, 0.15) is 51.0 Å². The summed E-state index contributed by atoms with van der Waals surface area (Å²) in [5.41, 5.74) is 2.19. The van der Waals surface area contributed by atoms with Gasteiger partial charge in [0.2, 0.25) is 9.84 Å². The quantitative estimate of drug-likeness (QED) is 0.822. The summed E-state index contributed by atoms with van der Waals surface area (Å²) in [7, 11) is -3.34. The zero-order chi connectivity index (χ0) is 15.7. The average Bonchev–Trinajstić information content (AvgIpc) is 3.07. The Morgan fingerprint density at radius 2 is 1.95 bits per heavy atom. The molecule has 0 spiro atoms. The second-order valence-corrected chi connectivity index (χ2v) is 8.45. The predicted octanol–water partition coefficient (Wildman–Crippen LogP) is 4.04. The molecule has 0 unspecified atom stereocenters. The maximum Gasteiger partial charge on any atom is 0.204 e. The van der Waals surface area contributed by atoms with E-state index in [4.69, 9.17) is 0 Å². The van der Waals surface area contributed by atoms with Crippen LogP contribution in [0.4, 0.5) is 0 Å². The van der Waals surface area contributed by atoms with E-state index < -0.39 is 9.84 Å². The molecule has 2 aliphatic rings. The second kappa shape index (κ2) is 6.07. The first-order valence-corrected chi connectivity index (χ1v) is 9.82. The lowest BCUT2D eigenvalue weighted by Gasteiger charge is -2.22. The molecule has 120 valence electrons. The number of nitrogens with zero attached hydrogens (tertiary/aromatic N) is 1. The van der Waals surface area contributed by atoms with Crippen molar-refractivity contribution < 1.29 is 8.42 Å². The molecule has 0 N–H and O–H groups in total. The highest BCUT2D eigenvalue weighted by molar-refractivity contribution is 7.95. The van der Waals surface area contributed by atoms with Crippen LogP contribution in [0.15, 0.2) is 39.8 Å². The van der Waals surface area contributed by atoms with Gasteiger partial charge in [-0.1, -0.05) is 31.0 Å². The zero-order valence-corrected chi connectivity index (χ0v) is 14.3. The minimum Gasteiger partial charge on any atom is -0.371 e. The molecule has 0 bridgehead atoms. The summed E-state index contributed by atoms with van der Waals surface area (Å²) in [4.78, 5) is 3.51. The van der Waals surface area contributed by atoms with Crippen molar-refractivity contribution in [1.29, 1.82) is 0 Å². The summed E-state index contributed by atoms with van der Waals surface area (Å²) in [6.07, 6.45) is 6.08. The van der Waals surface area contributed by atoms with Crippen LogP contribution in [0.2, 0.25) is 0 Å². The minimum absolute atomic E-state index is 0.419. The summed E-state index contributed by atoms with van der Waals surface area (Å²) in [6.45, 7) is 5.16. The number of rotatable bonds is 5. The molecule has 2 heterocycles. The maximum atomic E-state index is 13.1. The first-order chi connectivity index (χ1) is 10.5.